The van der Waals surface area contributed by atoms with E-state index < -0.39 is 4.92 Å². The molecule has 0 radical (unpaired) electrons. The molecule has 0 heterocycles. The van der Waals surface area contributed by atoms with Gasteiger partial charge >= 0.3 is 5.69 Å². The zero-order valence-electron chi connectivity index (χ0n) is 16.4. The van der Waals surface area contributed by atoms with Crippen molar-refractivity contribution in [2.75, 3.05) is 20.8 Å². The van der Waals surface area contributed by atoms with Crippen LogP contribution >= 0.6 is 0 Å². The molecule has 1 amide bonds. The molecule has 1 N–H and O–H groups in total. The summed E-state index contributed by atoms with van der Waals surface area (Å²) >= 11 is 0. The highest BCUT2D eigenvalue weighted by atomic mass is 16.6. The highest BCUT2D eigenvalue weighted by molar-refractivity contribution is 5.78. The Bertz CT molecular complexity index is 853. The van der Waals surface area contributed by atoms with E-state index in [1.54, 1.807) is 7.11 Å². The SMILES string of the molecule is CC[C@H](NC(=O)COc1ccc([N+](=O)[O-])c(OC)c1)c1ccc(OC)c(C)c1. The van der Waals surface area contributed by atoms with E-state index >= 15 is 0 Å². The first-order valence-electron chi connectivity index (χ1n) is 8.78. The number of nitrogens with one attached hydrogen (secondary N) is 1. The fourth-order valence-electron chi connectivity index (χ4n) is 2.82. The predicted molar refractivity (Wildman–Crippen MR) is 104 cm³/mol. The van der Waals surface area contributed by atoms with E-state index in [4.69, 9.17) is 14.2 Å². The highest BCUT2D eigenvalue weighted by Gasteiger charge is 2.17. The van der Waals surface area contributed by atoms with Crippen LogP contribution < -0.4 is 19.5 Å². The largest absolute Gasteiger partial charge is 0.496 e. The first-order chi connectivity index (χ1) is 13.4. The molecule has 2 rings (SSSR count). The van der Waals surface area contributed by atoms with Crippen LogP contribution in [0.1, 0.15) is 30.5 Å². The minimum Gasteiger partial charge on any atom is -0.496 e. The molecule has 0 unspecified atom stereocenters. The van der Waals surface area contributed by atoms with Crippen LogP contribution in [0, 0.1) is 17.0 Å². The molecule has 1 atom stereocenters. The number of benzene rings is 2. The number of hydrogen-bond donors (Lipinski definition) is 1. The van der Waals surface area contributed by atoms with Gasteiger partial charge in [0.15, 0.2) is 6.61 Å². The molecule has 2 aromatic rings. The van der Waals surface area contributed by atoms with Crippen LogP contribution in [0.5, 0.6) is 17.2 Å². The van der Waals surface area contributed by atoms with Crippen LogP contribution in [-0.2, 0) is 4.79 Å². The number of aryl methyl sites for hydroxylation is 1. The minimum absolute atomic E-state index is 0.0723. The molecule has 0 aliphatic heterocycles. The molecule has 0 bridgehead atoms. The van der Waals surface area contributed by atoms with Gasteiger partial charge in [-0.25, -0.2) is 0 Å². The van der Waals surface area contributed by atoms with Crippen molar-refractivity contribution in [1.82, 2.24) is 5.32 Å². The number of nitro benzene ring substituents is 1. The molecule has 0 fully saturated rings. The van der Waals surface area contributed by atoms with Gasteiger partial charge in [0.25, 0.3) is 5.91 Å². The van der Waals surface area contributed by atoms with Crippen LogP contribution in [-0.4, -0.2) is 31.7 Å². The van der Waals surface area contributed by atoms with Crippen molar-refractivity contribution in [3.05, 3.63) is 57.6 Å². The fourth-order valence-corrected chi connectivity index (χ4v) is 2.82. The zero-order valence-corrected chi connectivity index (χ0v) is 16.4. The van der Waals surface area contributed by atoms with E-state index in [9.17, 15) is 14.9 Å². The van der Waals surface area contributed by atoms with Crippen molar-refractivity contribution >= 4 is 11.6 Å². The number of hydrogen-bond acceptors (Lipinski definition) is 6. The Morgan fingerprint density at radius 1 is 1.14 bits per heavy atom. The van der Waals surface area contributed by atoms with Crippen molar-refractivity contribution in [3.63, 3.8) is 0 Å². The van der Waals surface area contributed by atoms with E-state index in [2.05, 4.69) is 5.32 Å². The highest BCUT2D eigenvalue weighted by Crippen LogP contribution is 2.30. The average molecular weight is 388 g/mol. The third-order valence-electron chi connectivity index (χ3n) is 4.28. The fraction of sp³-hybridized carbons (Fsp3) is 0.350. The summed E-state index contributed by atoms with van der Waals surface area (Å²) in [4.78, 5) is 22.7. The van der Waals surface area contributed by atoms with Crippen LogP contribution in [0.3, 0.4) is 0 Å². The number of ether oxygens (including phenoxy) is 3. The van der Waals surface area contributed by atoms with Gasteiger partial charge in [0, 0.05) is 12.1 Å². The van der Waals surface area contributed by atoms with E-state index in [0.717, 1.165) is 16.9 Å². The Kier molecular flexibility index (Phi) is 7.20. The maximum absolute atomic E-state index is 12.3. The summed E-state index contributed by atoms with van der Waals surface area (Å²) < 4.78 is 15.7. The van der Waals surface area contributed by atoms with Crippen molar-refractivity contribution in [3.8, 4) is 17.2 Å². The lowest BCUT2D eigenvalue weighted by atomic mass is 10.0. The lowest BCUT2D eigenvalue weighted by Gasteiger charge is -2.19. The van der Waals surface area contributed by atoms with Gasteiger partial charge in [0.05, 0.1) is 25.2 Å². The van der Waals surface area contributed by atoms with E-state index in [1.165, 1.54) is 25.3 Å². The number of nitrogens with zero attached hydrogens (tertiary/aromatic N) is 1. The second-order valence-electron chi connectivity index (χ2n) is 6.14. The molecular weight excluding hydrogens is 364 g/mol. The number of methoxy groups -OCH3 is 2. The van der Waals surface area contributed by atoms with Crippen LogP contribution in [0.4, 0.5) is 5.69 Å². The summed E-state index contributed by atoms with van der Waals surface area (Å²) in [7, 11) is 2.95. The monoisotopic (exact) mass is 388 g/mol. The Hall–Kier alpha value is -3.29. The molecule has 150 valence electrons. The van der Waals surface area contributed by atoms with Crippen molar-refractivity contribution in [2.24, 2.45) is 0 Å². The normalized spacial score (nSPS) is 11.4. The predicted octanol–water partition coefficient (Wildman–Crippen LogP) is 3.57. The molecule has 28 heavy (non-hydrogen) atoms. The molecule has 0 saturated heterocycles. The Morgan fingerprint density at radius 3 is 2.43 bits per heavy atom. The molecule has 8 heteroatoms. The summed E-state index contributed by atoms with van der Waals surface area (Å²) in [6.45, 7) is 3.71. The first-order valence-corrected chi connectivity index (χ1v) is 8.78. The second kappa shape index (κ2) is 9.59. The van der Waals surface area contributed by atoms with Gasteiger partial charge in [-0.15, -0.1) is 0 Å². The molecule has 0 aliphatic rings. The summed E-state index contributed by atoms with van der Waals surface area (Å²) in [6, 6.07) is 9.71. The van der Waals surface area contributed by atoms with Gasteiger partial charge in [0.1, 0.15) is 11.5 Å². The third kappa shape index (κ3) is 5.12. The lowest BCUT2D eigenvalue weighted by molar-refractivity contribution is -0.385. The molecule has 8 nitrogen and oxygen atoms in total. The number of carbonyl (C=O) groups excluding carboxylic acids is 1. The minimum atomic E-state index is -0.544. The van der Waals surface area contributed by atoms with Crippen molar-refractivity contribution in [1.29, 1.82) is 0 Å². The van der Waals surface area contributed by atoms with Crippen molar-refractivity contribution in [2.45, 2.75) is 26.3 Å². The smallest absolute Gasteiger partial charge is 0.311 e. The summed E-state index contributed by atoms with van der Waals surface area (Å²) in [5, 5.41) is 13.9. The van der Waals surface area contributed by atoms with Gasteiger partial charge in [-0.2, -0.15) is 0 Å². The topological polar surface area (TPSA) is 99.9 Å². The lowest BCUT2D eigenvalue weighted by Crippen LogP contribution is -2.32. The van der Waals surface area contributed by atoms with Crippen LogP contribution in [0.25, 0.3) is 0 Å². The molecule has 0 aliphatic carbocycles. The van der Waals surface area contributed by atoms with Gasteiger partial charge in [-0.1, -0.05) is 19.1 Å². The maximum atomic E-state index is 12.3. The molecule has 0 aromatic heterocycles. The van der Waals surface area contributed by atoms with E-state index in [-0.39, 0.29) is 30.0 Å². The number of nitro groups is 1. The number of amides is 1. The summed E-state index contributed by atoms with van der Waals surface area (Å²) in [5.74, 6) is 0.881. The molecule has 0 saturated carbocycles. The second-order valence-corrected chi connectivity index (χ2v) is 6.14. The number of carbonyl (C=O) groups is 1. The summed E-state index contributed by atoms with van der Waals surface area (Å²) in [6.07, 6.45) is 0.711. The van der Waals surface area contributed by atoms with Gasteiger partial charge in [0.2, 0.25) is 5.75 Å². The standard InChI is InChI=1S/C20H24N2O6/c1-5-16(14-6-9-18(26-3)13(2)10-14)21-20(23)12-28-15-7-8-17(22(24)25)19(11-15)27-4/h6-11,16H,5,12H2,1-4H3,(H,21,23)/t16-/m0/s1. The quantitative estimate of drug-likeness (QED) is 0.521. The van der Waals surface area contributed by atoms with Crippen LogP contribution in [0.15, 0.2) is 36.4 Å². The maximum Gasteiger partial charge on any atom is 0.311 e. The average Bonchev–Trinajstić information content (AvgIpc) is 2.69. The first kappa shape index (κ1) is 21.0. The Morgan fingerprint density at radius 2 is 1.86 bits per heavy atom. The van der Waals surface area contributed by atoms with E-state index in [1.807, 2.05) is 32.0 Å². The van der Waals surface area contributed by atoms with Crippen molar-refractivity contribution < 1.29 is 23.9 Å². The van der Waals surface area contributed by atoms with Gasteiger partial charge < -0.3 is 19.5 Å². The Balaban J connectivity index is 2.01. The molecular formula is C20H24N2O6. The molecule has 2 aromatic carbocycles. The number of rotatable bonds is 9. The van der Waals surface area contributed by atoms with Gasteiger partial charge in [-0.05, 0) is 36.6 Å². The summed E-state index contributed by atoms with van der Waals surface area (Å²) in [5.41, 5.74) is 1.80. The zero-order chi connectivity index (χ0) is 20.7. The van der Waals surface area contributed by atoms with Crippen LogP contribution in [0.2, 0.25) is 0 Å². The Labute approximate surface area is 163 Å². The van der Waals surface area contributed by atoms with Gasteiger partial charge in [-0.3, -0.25) is 14.9 Å². The molecule has 0 spiro atoms. The third-order valence-corrected chi connectivity index (χ3v) is 4.28. The van der Waals surface area contributed by atoms with E-state index in [0.29, 0.717) is 12.2 Å².